The molecular formula is C18H14FN3O3S. The van der Waals surface area contributed by atoms with Gasteiger partial charge in [-0.1, -0.05) is 18.2 Å². The van der Waals surface area contributed by atoms with Gasteiger partial charge < -0.3 is 10.1 Å². The topological polar surface area (TPSA) is 81.2 Å². The van der Waals surface area contributed by atoms with Gasteiger partial charge in [-0.25, -0.2) is 4.39 Å². The standard InChI is InChI=1S/C18H14FN3O3S/c19-11-6-4-10(5-7-11)12-8-13(12)18(24)25-9-16(23)20-14-2-1-3-15-17(14)22-26-21-15/h1-7,12-13H,8-9H2,(H,20,23). The molecule has 0 spiro atoms. The number of nitrogens with zero attached hydrogens (tertiary/aromatic N) is 2. The summed E-state index contributed by atoms with van der Waals surface area (Å²) in [5.41, 5.74) is 2.74. The van der Waals surface area contributed by atoms with E-state index >= 15 is 0 Å². The first-order valence-corrected chi connectivity index (χ1v) is 8.78. The number of anilines is 1. The van der Waals surface area contributed by atoms with Crippen LogP contribution in [0, 0.1) is 11.7 Å². The second-order valence-electron chi connectivity index (χ2n) is 6.09. The molecule has 2 atom stereocenters. The summed E-state index contributed by atoms with van der Waals surface area (Å²) in [4.78, 5) is 24.1. The molecule has 1 aliphatic rings. The average molecular weight is 371 g/mol. The van der Waals surface area contributed by atoms with Gasteiger partial charge in [0, 0.05) is 0 Å². The monoisotopic (exact) mass is 371 g/mol. The lowest BCUT2D eigenvalue weighted by atomic mass is 10.1. The van der Waals surface area contributed by atoms with Crippen LogP contribution >= 0.6 is 11.7 Å². The van der Waals surface area contributed by atoms with Crippen LogP contribution < -0.4 is 5.32 Å². The first kappa shape index (κ1) is 16.6. The van der Waals surface area contributed by atoms with E-state index in [0.717, 1.165) is 17.3 Å². The predicted molar refractivity (Wildman–Crippen MR) is 94.3 cm³/mol. The fourth-order valence-corrected chi connectivity index (χ4v) is 3.42. The number of esters is 1. The van der Waals surface area contributed by atoms with Gasteiger partial charge in [0.25, 0.3) is 5.91 Å². The van der Waals surface area contributed by atoms with Crippen molar-refractivity contribution in [2.45, 2.75) is 12.3 Å². The Kier molecular flexibility index (Phi) is 4.34. The zero-order chi connectivity index (χ0) is 18.1. The van der Waals surface area contributed by atoms with E-state index in [0.29, 0.717) is 23.1 Å². The summed E-state index contributed by atoms with van der Waals surface area (Å²) in [5.74, 6) is -1.41. The molecule has 6 nitrogen and oxygen atoms in total. The molecule has 0 bridgehead atoms. The highest BCUT2D eigenvalue weighted by Crippen LogP contribution is 2.48. The molecule has 1 aromatic heterocycles. The second kappa shape index (κ2) is 6.80. The van der Waals surface area contributed by atoms with Crippen molar-refractivity contribution < 1.29 is 18.7 Å². The molecule has 4 rings (SSSR count). The van der Waals surface area contributed by atoms with Crippen molar-refractivity contribution in [1.29, 1.82) is 0 Å². The molecule has 8 heteroatoms. The maximum absolute atomic E-state index is 12.9. The average Bonchev–Trinajstić information content (AvgIpc) is 3.29. The van der Waals surface area contributed by atoms with E-state index < -0.39 is 11.9 Å². The lowest BCUT2D eigenvalue weighted by molar-refractivity contribution is -0.148. The number of halogens is 1. The zero-order valence-corrected chi connectivity index (χ0v) is 14.3. The molecule has 0 radical (unpaired) electrons. The number of ether oxygens (including phenoxy) is 1. The Bertz CT molecular complexity index is 973. The third-order valence-electron chi connectivity index (χ3n) is 4.30. The van der Waals surface area contributed by atoms with E-state index in [1.54, 1.807) is 30.3 Å². The Morgan fingerprint density at radius 2 is 2.00 bits per heavy atom. The number of nitrogens with one attached hydrogen (secondary N) is 1. The van der Waals surface area contributed by atoms with Gasteiger partial charge in [-0.05, 0) is 42.2 Å². The van der Waals surface area contributed by atoms with Crippen molar-refractivity contribution in [2.24, 2.45) is 5.92 Å². The number of hydrogen-bond donors (Lipinski definition) is 1. The number of carbonyl (C=O) groups is 2. The molecule has 2 unspecified atom stereocenters. The van der Waals surface area contributed by atoms with Gasteiger partial charge in [0.05, 0.1) is 23.3 Å². The lowest BCUT2D eigenvalue weighted by Gasteiger charge is -2.07. The van der Waals surface area contributed by atoms with E-state index in [1.165, 1.54) is 12.1 Å². The van der Waals surface area contributed by atoms with Crippen molar-refractivity contribution in [3.63, 3.8) is 0 Å². The van der Waals surface area contributed by atoms with E-state index in [2.05, 4.69) is 14.1 Å². The fraction of sp³-hybridized carbons (Fsp3) is 0.222. The van der Waals surface area contributed by atoms with Gasteiger partial charge in [-0.15, -0.1) is 0 Å². The lowest BCUT2D eigenvalue weighted by Crippen LogP contribution is -2.21. The number of aromatic nitrogens is 2. The molecule has 0 aliphatic heterocycles. The van der Waals surface area contributed by atoms with Crippen LogP contribution in [0.5, 0.6) is 0 Å². The normalized spacial score (nSPS) is 18.5. The van der Waals surface area contributed by atoms with Crippen LogP contribution in [0.15, 0.2) is 42.5 Å². The van der Waals surface area contributed by atoms with Crippen molar-refractivity contribution in [3.8, 4) is 0 Å². The van der Waals surface area contributed by atoms with Crippen molar-refractivity contribution in [3.05, 3.63) is 53.8 Å². The number of hydrogen-bond acceptors (Lipinski definition) is 6. The Hall–Kier alpha value is -2.87. The van der Waals surface area contributed by atoms with Crippen LogP contribution in [0.3, 0.4) is 0 Å². The van der Waals surface area contributed by atoms with Gasteiger partial charge in [-0.3, -0.25) is 9.59 Å². The summed E-state index contributed by atoms with van der Waals surface area (Å²) in [5, 5.41) is 2.68. The molecule has 1 saturated carbocycles. The second-order valence-corrected chi connectivity index (χ2v) is 6.62. The van der Waals surface area contributed by atoms with Crippen molar-refractivity contribution >= 4 is 40.3 Å². The molecule has 1 amide bonds. The maximum Gasteiger partial charge on any atom is 0.310 e. The zero-order valence-electron chi connectivity index (χ0n) is 13.5. The molecular weight excluding hydrogens is 357 g/mol. The molecule has 3 aromatic rings. The number of benzene rings is 2. The molecule has 0 saturated heterocycles. The van der Waals surface area contributed by atoms with Crippen molar-refractivity contribution in [2.75, 3.05) is 11.9 Å². The summed E-state index contributed by atoms with van der Waals surface area (Å²) in [7, 11) is 0. The third kappa shape index (κ3) is 3.41. The molecule has 1 aliphatic carbocycles. The summed E-state index contributed by atoms with van der Waals surface area (Å²) >= 11 is 1.06. The van der Waals surface area contributed by atoms with Crippen LogP contribution in [0.4, 0.5) is 10.1 Å². The molecule has 2 aromatic carbocycles. The largest absolute Gasteiger partial charge is 0.455 e. The van der Waals surface area contributed by atoms with Gasteiger partial charge in [0.15, 0.2) is 6.61 Å². The highest BCUT2D eigenvalue weighted by Gasteiger charge is 2.45. The summed E-state index contributed by atoms with van der Waals surface area (Å²) in [6.45, 7) is -0.362. The fourth-order valence-electron chi connectivity index (χ4n) is 2.87. The molecule has 1 fully saturated rings. The van der Waals surface area contributed by atoms with Gasteiger partial charge in [-0.2, -0.15) is 8.75 Å². The summed E-state index contributed by atoms with van der Waals surface area (Å²) < 4.78 is 26.3. The molecule has 132 valence electrons. The SMILES string of the molecule is O=C(COC(=O)C1CC1c1ccc(F)cc1)Nc1cccc2nsnc12. The third-order valence-corrected chi connectivity index (χ3v) is 4.84. The van der Waals surface area contributed by atoms with Gasteiger partial charge in [0.2, 0.25) is 0 Å². The van der Waals surface area contributed by atoms with Gasteiger partial charge >= 0.3 is 5.97 Å². The number of fused-ring (bicyclic) bond motifs is 1. The Balaban J connectivity index is 1.30. The molecule has 1 heterocycles. The van der Waals surface area contributed by atoms with Crippen LogP contribution in [0.1, 0.15) is 17.9 Å². The van der Waals surface area contributed by atoms with Crippen LogP contribution in [0.25, 0.3) is 11.0 Å². The van der Waals surface area contributed by atoms with E-state index in [4.69, 9.17) is 4.74 Å². The van der Waals surface area contributed by atoms with Crippen LogP contribution in [0.2, 0.25) is 0 Å². The van der Waals surface area contributed by atoms with Crippen LogP contribution in [-0.2, 0) is 14.3 Å². The van der Waals surface area contributed by atoms with Gasteiger partial charge in [0.1, 0.15) is 16.9 Å². The molecule has 1 N–H and O–H groups in total. The first-order chi connectivity index (χ1) is 12.6. The maximum atomic E-state index is 12.9. The first-order valence-electron chi connectivity index (χ1n) is 8.05. The Morgan fingerprint density at radius 1 is 1.19 bits per heavy atom. The minimum Gasteiger partial charge on any atom is -0.455 e. The summed E-state index contributed by atoms with van der Waals surface area (Å²) in [6.07, 6.45) is 0.649. The van der Waals surface area contributed by atoms with E-state index in [9.17, 15) is 14.0 Å². The highest BCUT2D eigenvalue weighted by molar-refractivity contribution is 7.00. The predicted octanol–water partition coefficient (Wildman–Crippen LogP) is 3.12. The number of carbonyl (C=O) groups excluding carboxylic acids is 2. The molecule has 26 heavy (non-hydrogen) atoms. The number of amides is 1. The van der Waals surface area contributed by atoms with Crippen molar-refractivity contribution in [1.82, 2.24) is 8.75 Å². The van der Waals surface area contributed by atoms with E-state index in [-0.39, 0.29) is 24.3 Å². The van der Waals surface area contributed by atoms with E-state index in [1.807, 2.05) is 0 Å². The summed E-state index contributed by atoms with van der Waals surface area (Å²) in [6, 6.07) is 11.4. The quantitative estimate of drug-likeness (QED) is 0.697. The van der Waals surface area contributed by atoms with Crippen LogP contribution in [-0.4, -0.2) is 27.2 Å². The minimum absolute atomic E-state index is 0.0287. The Morgan fingerprint density at radius 3 is 2.81 bits per heavy atom. The minimum atomic E-state index is -0.433. The highest BCUT2D eigenvalue weighted by atomic mass is 32.1. The smallest absolute Gasteiger partial charge is 0.310 e. The number of rotatable bonds is 5. The Labute approximate surface area is 152 Å².